The average Bonchev–Trinajstić information content (AvgIpc) is 2.15. The van der Waals surface area contributed by atoms with Gasteiger partial charge in [-0.05, 0) is 11.1 Å². The molecule has 0 saturated heterocycles. The Labute approximate surface area is 70.4 Å². The molecule has 12 heavy (non-hydrogen) atoms. The van der Waals surface area contributed by atoms with Gasteiger partial charge in [0.05, 0.1) is 0 Å². The molecule has 0 aromatic heterocycles. The summed E-state index contributed by atoms with van der Waals surface area (Å²) >= 11 is 0. The third-order valence-corrected chi connectivity index (χ3v) is 1.57. The largest absolute Gasteiger partial charge is 0.355 e. The van der Waals surface area contributed by atoms with Gasteiger partial charge < -0.3 is 5.32 Å². The van der Waals surface area contributed by atoms with Crippen molar-refractivity contribution in [3.63, 3.8) is 0 Å². The summed E-state index contributed by atoms with van der Waals surface area (Å²) in [6, 6.07) is 7.01. The van der Waals surface area contributed by atoms with Gasteiger partial charge in [0.2, 0.25) is 6.41 Å². The van der Waals surface area contributed by atoms with Crippen molar-refractivity contribution in [1.82, 2.24) is 5.32 Å². The predicted octanol–water partition coefficient (Wildman–Crippen LogP) is 1.40. The summed E-state index contributed by atoms with van der Waals surface area (Å²) in [5, 5.41) is 2.53. The number of halogens is 1. The fourth-order valence-corrected chi connectivity index (χ4v) is 0.906. The van der Waals surface area contributed by atoms with E-state index in [1.165, 1.54) is 0 Å². The maximum absolute atomic E-state index is 12.0. The lowest BCUT2D eigenvalue weighted by atomic mass is 10.1. The van der Waals surface area contributed by atoms with Crippen LogP contribution in [0.25, 0.3) is 0 Å². The van der Waals surface area contributed by atoms with Crippen LogP contribution in [-0.4, -0.2) is 6.41 Å². The van der Waals surface area contributed by atoms with E-state index in [4.69, 9.17) is 0 Å². The van der Waals surface area contributed by atoms with Crippen LogP contribution in [-0.2, 0) is 18.0 Å². The summed E-state index contributed by atoms with van der Waals surface area (Å²) in [7, 11) is 0. The molecule has 1 aromatic rings. The highest BCUT2D eigenvalue weighted by Crippen LogP contribution is 2.04. The molecule has 1 aromatic carbocycles. The molecule has 0 aliphatic rings. The van der Waals surface area contributed by atoms with Crippen LogP contribution >= 0.6 is 0 Å². The number of alkyl halides is 1. The van der Waals surface area contributed by atoms with Crippen molar-refractivity contribution in [1.29, 1.82) is 0 Å². The molecule has 1 N–H and O–H groups in total. The van der Waals surface area contributed by atoms with E-state index >= 15 is 0 Å². The molecule has 1 amide bonds. The molecule has 3 heteroatoms. The molecule has 0 spiro atoms. The van der Waals surface area contributed by atoms with Gasteiger partial charge in [-0.1, -0.05) is 24.3 Å². The molecule has 0 aliphatic heterocycles. The molecule has 0 heterocycles. The zero-order chi connectivity index (χ0) is 8.81. The van der Waals surface area contributed by atoms with E-state index in [-0.39, 0.29) is 0 Å². The Morgan fingerprint density at radius 1 is 1.25 bits per heavy atom. The van der Waals surface area contributed by atoms with Crippen LogP contribution in [0.4, 0.5) is 4.39 Å². The summed E-state index contributed by atoms with van der Waals surface area (Å²) in [5.41, 5.74) is 1.63. The second-order valence-electron chi connectivity index (χ2n) is 2.45. The fraction of sp³-hybridized carbons (Fsp3) is 0.222. The number of amides is 1. The van der Waals surface area contributed by atoms with Crippen LogP contribution in [0.2, 0.25) is 0 Å². The lowest BCUT2D eigenvalue weighted by Gasteiger charge is -1.99. The van der Waals surface area contributed by atoms with Gasteiger partial charge in [-0.25, -0.2) is 4.39 Å². The Morgan fingerprint density at radius 2 is 1.83 bits per heavy atom. The number of rotatable bonds is 4. The SMILES string of the molecule is O=CNCc1ccc(CF)cc1. The van der Waals surface area contributed by atoms with E-state index in [0.717, 1.165) is 5.56 Å². The Kier molecular flexibility index (Phi) is 3.26. The normalized spacial score (nSPS) is 9.42. The van der Waals surface area contributed by atoms with Crippen LogP contribution in [0.15, 0.2) is 24.3 Å². The third-order valence-electron chi connectivity index (χ3n) is 1.57. The number of carbonyl (C=O) groups excluding carboxylic acids is 1. The van der Waals surface area contributed by atoms with Crippen LogP contribution in [0, 0.1) is 0 Å². The van der Waals surface area contributed by atoms with Gasteiger partial charge in [0, 0.05) is 6.54 Å². The monoisotopic (exact) mass is 167 g/mol. The second kappa shape index (κ2) is 4.49. The summed E-state index contributed by atoms with van der Waals surface area (Å²) in [4.78, 5) is 9.93. The number of hydrogen-bond donors (Lipinski definition) is 1. The third kappa shape index (κ3) is 2.34. The Morgan fingerprint density at radius 3 is 2.33 bits per heavy atom. The highest BCUT2D eigenvalue weighted by molar-refractivity contribution is 5.46. The Balaban J connectivity index is 2.58. The predicted molar refractivity (Wildman–Crippen MR) is 44.2 cm³/mol. The van der Waals surface area contributed by atoms with Crippen molar-refractivity contribution < 1.29 is 9.18 Å². The number of hydrogen-bond acceptors (Lipinski definition) is 1. The van der Waals surface area contributed by atoms with E-state index in [1.54, 1.807) is 24.3 Å². The molecule has 0 bridgehead atoms. The lowest BCUT2D eigenvalue weighted by molar-refractivity contribution is -0.109. The van der Waals surface area contributed by atoms with Crippen LogP contribution in [0.5, 0.6) is 0 Å². The van der Waals surface area contributed by atoms with Gasteiger partial charge in [-0.2, -0.15) is 0 Å². The minimum atomic E-state index is -0.443. The van der Waals surface area contributed by atoms with Crippen LogP contribution in [0.3, 0.4) is 0 Å². The van der Waals surface area contributed by atoms with Crippen molar-refractivity contribution >= 4 is 6.41 Å². The Hall–Kier alpha value is -1.38. The minimum absolute atomic E-state index is 0.443. The fourth-order valence-electron chi connectivity index (χ4n) is 0.906. The number of carbonyl (C=O) groups is 1. The number of nitrogens with one attached hydrogen (secondary N) is 1. The molecule has 0 fully saturated rings. The molecule has 0 radical (unpaired) electrons. The van der Waals surface area contributed by atoms with Crippen molar-refractivity contribution in [2.75, 3.05) is 0 Å². The summed E-state index contributed by atoms with van der Waals surface area (Å²) < 4.78 is 12.0. The van der Waals surface area contributed by atoms with Gasteiger partial charge in [-0.3, -0.25) is 4.79 Å². The molecule has 64 valence electrons. The summed E-state index contributed by atoms with van der Waals surface area (Å²) in [6.45, 7) is 0.0530. The summed E-state index contributed by atoms with van der Waals surface area (Å²) in [6.07, 6.45) is 0.642. The molecule has 0 unspecified atom stereocenters. The first-order valence-corrected chi connectivity index (χ1v) is 3.67. The van der Waals surface area contributed by atoms with E-state index in [9.17, 15) is 9.18 Å². The van der Waals surface area contributed by atoms with Gasteiger partial charge in [0.25, 0.3) is 0 Å². The Bertz CT molecular complexity index is 245. The van der Waals surface area contributed by atoms with Crippen molar-refractivity contribution in [2.45, 2.75) is 13.2 Å². The molecule has 2 nitrogen and oxygen atoms in total. The molecule has 0 aliphatic carbocycles. The van der Waals surface area contributed by atoms with Crippen molar-refractivity contribution in [3.8, 4) is 0 Å². The molecular formula is C9H10FNO. The maximum atomic E-state index is 12.0. The highest BCUT2D eigenvalue weighted by atomic mass is 19.1. The van der Waals surface area contributed by atoms with Gasteiger partial charge >= 0.3 is 0 Å². The van der Waals surface area contributed by atoms with Crippen molar-refractivity contribution in [2.24, 2.45) is 0 Å². The minimum Gasteiger partial charge on any atom is -0.355 e. The molecule has 0 saturated carbocycles. The summed E-state index contributed by atoms with van der Waals surface area (Å²) in [5.74, 6) is 0. The van der Waals surface area contributed by atoms with Crippen LogP contribution in [0.1, 0.15) is 11.1 Å². The first kappa shape index (κ1) is 8.71. The standard InChI is InChI=1S/C9H10FNO/c10-5-8-1-3-9(4-2-8)6-11-7-12/h1-4,7H,5-6H2,(H,11,12). The van der Waals surface area contributed by atoms with Crippen molar-refractivity contribution in [3.05, 3.63) is 35.4 Å². The highest BCUT2D eigenvalue weighted by Gasteiger charge is 1.92. The lowest BCUT2D eigenvalue weighted by Crippen LogP contribution is -2.09. The quantitative estimate of drug-likeness (QED) is 0.675. The zero-order valence-corrected chi connectivity index (χ0v) is 6.59. The zero-order valence-electron chi connectivity index (χ0n) is 6.59. The molecule has 0 atom stereocenters. The molecule has 1 rings (SSSR count). The topological polar surface area (TPSA) is 29.1 Å². The van der Waals surface area contributed by atoms with E-state index in [2.05, 4.69) is 5.32 Å². The van der Waals surface area contributed by atoms with Crippen LogP contribution < -0.4 is 5.32 Å². The maximum Gasteiger partial charge on any atom is 0.207 e. The first-order valence-electron chi connectivity index (χ1n) is 3.67. The van der Waals surface area contributed by atoms with Gasteiger partial charge in [-0.15, -0.1) is 0 Å². The van der Waals surface area contributed by atoms with E-state index in [1.807, 2.05) is 0 Å². The van der Waals surface area contributed by atoms with Gasteiger partial charge in [0.1, 0.15) is 6.67 Å². The average molecular weight is 167 g/mol. The smallest absolute Gasteiger partial charge is 0.207 e. The number of benzene rings is 1. The second-order valence-corrected chi connectivity index (χ2v) is 2.45. The first-order chi connectivity index (χ1) is 5.86. The van der Waals surface area contributed by atoms with E-state index in [0.29, 0.717) is 18.5 Å². The molecular weight excluding hydrogens is 157 g/mol. The van der Waals surface area contributed by atoms with Gasteiger partial charge in [0.15, 0.2) is 0 Å². The van der Waals surface area contributed by atoms with E-state index < -0.39 is 6.67 Å².